The van der Waals surface area contributed by atoms with Gasteiger partial charge in [-0.25, -0.2) is 4.57 Å². The van der Waals surface area contributed by atoms with Gasteiger partial charge in [0.25, 0.3) is 0 Å². The topological polar surface area (TPSA) is 101 Å². The third-order valence-electron chi connectivity index (χ3n) is 0.624. The molecule has 0 aromatic carbocycles. The van der Waals surface area contributed by atoms with Crippen molar-refractivity contribution < 1.29 is 23.8 Å². The fourth-order valence-electron chi connectivity index (χ4n) is 0.270. The average molecular weight is 253 g/mol. The van der Waals surface area contributed by atoms with Gasteiger partial charge in [0.05, 0.1) is 0 Å². The first kappa shape index (κ1) is 11.3. The highest BCUT2D eigenvalue weighted by Gasteiger charge is 2.35. The molecule has 12 heavy (non-hydrogen) atoms. The van der Waals surface area contributed by atoms with Gasteiger partial charge in [-0.15, -0.1) is 0 Å². The quantitative estimate of drug-likeness (QED) is 0.360. The van der Waals surface area contributed by atoms with E-state index in [4.69, 9.17) is 4.89 Å². The summed E-state index contributed by atoms with van der Waals surface area (Å²) in [4.78, 5) is 17.3. The largest absolute Gasteiger partial charge is 0.531 e. The van der Waals surface area contributed by atoms with Gasteiger partial charge < -0.3 is 0 Å². The van der Waals surface area contributed by atoms with Crippen LogP contribution in [0.5, 0.6) is 0 Å². The van der Waals surface area contributed by atoms with E-state index in [1.165, 1.54) is 0 Å². The van der Waals surface area contributed by atoms with Gasteiger partial charge in [0.1, 0.15) is 0 Å². The summed E-state index contributed by atoms with van der Waals surface area (Å²) in [5.41, 5.74) is 0. The van der Waals surface area contributed by atoms with Crippen LogP contribution in [0.15, 0.2) is 0 Å². The molecule has 2 heterocycles. The van der Waals surface area contributed by atoms with Gasteiger partial charge in [-0.2, -0.15) is 0 Å². The third-order valence-corrected chi connectivity index (χ3v) is 4.12. The molecule has 12 heteroatoms. The Morgan fingerprint density at radius 2 is 1.42 bits per heavy atom. The van der Waals surface area contributed by atoms with Crippen molar-refractivity contribution in [1.82, 2.24) is 14.6 Å². The summed E-state index contributed by atoms with van der Waals surface area (Å²) < 4.78 is 16.7. The maximum absolute atomic E-state index is 9.66. The molecule has 0 radical (unpaired) electrons. The molecule has 2 saturated heterocycles. The van der Waals surface area contributed by atoms with Crippen LogP contribution < -0.4 is 14.6 Å². The molecule has 0 amide bonds. The van der Waals surface area contributed by atoms with Crippen molar-refractivity contribution in [2.75, 3.05) is 0 Å². The number of phosphoric acid groups is 1. The van der Waals surface area contributed by atoms with Gasteiger partial charge in [-0.1, -0.05) is 9.35 Å². The Kier molecular flexibility index (Phi) is 5.53. The maximum Gasteiger partial charge on any atom is 0.531 e. The second kappa shape index (κ2) is 5.86. The summed E-state index contributed by atoms with van der Waals surface area (Å²) in [5, 5.41) is 3.42. The molecular weight excluding hydrogens is 246 g/mol. The van der Waals surface area contributed by atoms with Crippen LogP contribution >= 0.6 is 34.5 Å². The van der Waals surface area contributed by atoms with Gasteiger partial charge in [-0.3, -0.25) is 19.5 Å². The lowest BCUT2D eigenvalue weighted by Gasteiger charge is -2.13. The summed E-state index contributed by atoms with van der Waals surface area (Å²) in [7, 11) is -1.40. The second-order valence-electron chi connectivity index (χ2n) is 1.44. The zero-order chi connectivity index (χ0) is 8.86. The Hall–Kier alpha value is 1.24. The average Bonchev–Trinajstić information content (AvgIpc) is 2.06. The Balaban J connectivity index is 0.000000120. The van der Waals surface area contributed by atoms with Crippen molar-refractivity contribution in [2.45, 2.75) is 0 Å². The monoisotopic (exact) mass is 253 g/mol. The molecule has 0 aromatic rings. The zero-order valence-electron chi connectivity index (χ0n) is 5.53. The molecule has 2 aliphatic rings. The molecule has 8 nitrogen and oxygen atoms in total. The van der Waals surface area contributed by atoms with Crippen molar-refractivity contribution in [2.24, 2.45) is 0 Å². The molecule has 0 aliphatic carbocycles. The molecule has 4 N–H and O–H groups in total. The van der Waals surface area contributed by atoms with Crippen molar-refractivity contribution in [3.05, 3.63) is 0 Å². The zero-order valence-corrected chi connectivity index (χ0v) is 9.42. The van der Waals surface area contributed by atoms with Crippen LogP contribution in [-0.2, 0) is 19.0 Å². The van der Waals surface area contributed by atoms with E-state index in [1.807, 2.05) is 0 Å². The van der Waals surface area contributed by atoms with Crippen LogP contribution in [0, 0.1) is 0 Å². The minimum atomic E-state index is -3.69. The maximum atomic E-state index is 9.66. The first-order chi connectivity index (χ1) is 5.71. The Morgan fingerprint density at radius 3 is 1.50 bits per heavy atom. The van der Waals surface area contributed by atoms with Crippen molar-refractivity contribution in [1.29, 1.82) is 0 Å². The molecule has 2 aliphatic heterocycles. The lowest BCUT2D eigenvalue weighted by Crippen LogP contribution is -2.07. The Labute approximate surface area is 73.6 Å². The number of nitrogens with one attached hydrogen (secondary N) is 3. The summed E-state index contributed by atoms with van der Waals surface area (Å²) >= 11 is 0. The Bertz CT molecular complexity index is 151. The van der Waals surface area contributed by atoms with E-state index in [9.17, 15) is 4.57 Å². The summed E-state index contributed by atoms with van der Waals surface area (Å²) in [6.45, 7) is 0. The van der Waals surface area contributed by atoms with Crippen LogP contribution in [0.1, 0.15) is 0 Å². The van der Waals surface area contributed by atoms with Crippen LogP contribution in [-0.4, -0.2) is 4.89 Å². The molecule has 0 unspecified atom stereocenters. The molecule has 0 bridgehead atoms. The summed E-state index contributed by atoms with van der Waals surface area (Å²) in [6, 6.07) is 0. The minimum Gasteiger partial charge on any atom is -0.299 e. The van der Waals surface area contributed by atoms with Gasteiger partial charge in [-0.05, 0) is 5.04 Å². The predicted molar refractivity (Wildman–Crippen MR) is 47.4 cm³/mol. The lowest BCUT2D eigenvalue weighted by molar-refractivity contribution is -0.498. The van der Waals surface area contributed by atoms with E-state index >= 15 is 0 Å². The number of hydrogen-bond acceptors (Lipinski definition) is 7. The first-order valence-electron chi connectivity index (χ1n) is 2.58. The van der Waals surface area contributed by atoms with Gasteiger partial charge in [0, 0.05) is 26.6 Å². The van der Waals surface area contributed by atoms with E-state index in [1.54, 1.807) is 0 Å². The fourth-order valence-corrected chi connectivity index (χ4v) is 3.62. The Morgan fingerprint density at radius 1 is 1.08 bits per heavy atom. The lowest BCUT2D eigenvalue weighted by atomic mass is 13.8. The summed E-state index contributed by atoms with van der Waals surface area (Å²) in [5.74, 6) is 0. The van der Waals surface area contributed by atoms with Crippen molar-refractivity contribution >= 4 is 34.5 Å². The second-order valence-corrected chi connectivity index (χ2v) is 6.42. The van der Waals surface area contributed by atoms with Crippen molar-refractivity contribution in [3.8, 4) is 0 Å². The van der Waals surface area contributed by atoms with Crippen LogP contribution in [0.4, 0.5) is 0 Å². The molecule has 2 rings (SSSR count). The molecule has 0 atom stereocenters. The highest BCUT2D eigenvalue weighted by atomic mass is 31.2. The smallest absolute Gasteiger partial charge is 0.299 e. The van der Waals surface area contributed by atoms with Gasteiger partial charge in [0.2, 0.25) is 0 Å². The SMILES string of the molecule is N1PNPNP1.O=P1(O)OOO1. The standard InChI is InChI=1S/H6N3P3.HO5P/c1-4-2-6-3-5-1;1-6(2)4-3-5-6/h1-6H;(H,1,2). The molecular formula is H7N3O5P4. The van der Waals surface area contributed by atoms with Crippen LogP contribution in [0.2, 0.25) is 0 Å². The van der Waals surface area contributed by atoms with E-state index in [2.05, 4.69) is 29.0 Å². The summed E-state index contributed by atoms with van der Waals surface area (Å²) in [6.07, 6.45) is 0. The predicted octanol–water partition coefficient (Wildman–Crippen LogP) is 0.274. The van der Waals surface area contributed by atoms with E-state index in [-0.39, 0.29) is 0 Å². The highest BCUT2D eigenvalue weighted by Crippen LogP contribution is 2.52. The number of rotatable bonds is 0. The minimum absolute atomic E-state index is 0.764. The van der Waals surface area contributed by atoms with Crippen LogP contribution in [0.25, 0.3) is 0 Å². The molecule has 0 spiro atoms. The number of hydrogen-bond donors (Lipinski definition) is 4. The van der Waals surface area contributed by atoms with E-state index in [0.29, 0.717) is 0 Å². The molecule has 2 fully saturated rings. The van der Waals surface area contributed by atoms with Gasteiger partial charge in [0.15, 0.2) is 0 Å². The normalized spacial score (nSPS) is 32.4. The third kappa shape index (κ3) is 5.07. The molecule has 0 saturated carbocycles. The molecule has 72 valence electrons. The first-order valence-corrected chi connectivity index (χ1v) is 7.08. The molecule has 0 aromatic heterocycles. The van der Waals surface area contributed by atoms with Crippen LogP contribution in [0.3, 0.4) is 0 Å². The van der Waals surface area contributed by atoms with Gasteiger partial charge >= 0.3 is 7.82 Å². The highest BCUT2D eigenvalue weighted by molar-refractivity contribution is 7.65. The van der Waals surface area contributed by atoms with E-state index in [0.717, 1.165) is 26.6 Å². The van der Waals surface area contributed by atoms with E-state index < -0.39 is 7.82 Å². The fraction of sp³-hybridized carbons (Fsp3) is 0. The van der Waals surface area contributed by atoms with Crippen molar-refractivity contribution in [3.63, 3.8) is 0 Å².